The summed E-state index contributed by atoms with van der Waals surface area (Å²) in [6, 6.07) is 0. The Morgan fingerprint density at radius 2 is 0.626 bits per heavy atom. The number of carbonyl (C=O) groups is 2. The van der Waals surface area contributed by atoms with Crippen molar-refractivity contribution < 1.29 is 42.1 Å². The Hall–Kier alpha value is -3.33. The number of nitrogens with zero attached hydrogens (tertiary/aromatic N) is 1. The van der Waals surface area contributed by atoms with Crippen LogP contribution >= 0.6 is 7.82 Å². The summed E-state index contributed by atoms with van der Waals surface area (Å²) in [5.74, 6) is -0.849. The molecule has 10 heteroatoms. The molecule has 0 aliphatic heterocycles. The first kappa shape index (κ1) is 87.7. The maximum atomic E-state index is 12.9. The molecule has 91 heavy (non-hydrogen) atoms. The van der Waals surface area contributed by atoms with Crippen LogP contribution in [0.5, 0.6) is 0 Å². The molecule has 0 heterocycles. The van der Waals surface area contributed by atoms with Crippen LogP contribution in [0.3, 0.4) is 0 Å². The summed E-state index contributed by atoms with van der Waals surface area (Å²) in [5.41, 5.74) is 0. The lowest BCUT2D eigenvalue weighted by Crippen LogP contribution is -2.37. The molecule has 0 saturated carbocycles. The van der Waals surface area contributed by atoms with Crippen LogP contribution in [0.2, 0.25) is 0 Å². The molecule has 0 aromatic heterocycles. The van der Waals surface area contributed by atoms with Gasteiger partial charge in [-0.3, -0.25) is 14.2 Å². The molecule has 2 atom stereocenters. The van der Waals surface area contributed by atoms with Gasteiger partial charge in [-0.05, 0) is 83.5 Å². The van der Waals surface area contributed by atoms with E-state index >= 15 is 0 Å². The second kappa shape index (κ2) is 71.0. The normalized spacial score (nSPS) is 13.7. The highest BCUT2D eigenvalue weighted by Gasteiger charge is 2.22. The van der Waals surface area contributed by atoms with E-state index in [-0.39, 0.29) is 32.0 Å². The van der Waals surface area contributed by atoms with Crippen molar-refractivity contribution in [2.45, 2.75) is 347 Å². The highest BCUT2D eigenvalue weighted by atomic mass is 31.2. The van der Waals surface area contributed by atoms with Crippen molar-refractivity contribution in [1.29, 1.82) is 0 Å². The number of hydrogen-bond donors (Lipinski definition) is 0. The first-order chi connectivity index (χ1) is 44.5. The first-order valence-electron chi connectivity index (χ1n) is 38.1. The Balaban J connectivity index is 4.05. The average Bonchev–Trinajstić information content (AvgIpc) is 3.62. The predicted molar refractivity (Wildman–Crippen MR) is 392 cm³/mol. The zero-order valence-corrected chi connectivity index (χ0v) is 60.9. The van der Waals surface area contributed by atoms with E-state index in [0.29, 0.717) is 17.4 Å². The Bertz CT molecular complexity index is 1910. The van der Waals surface area contributed by atoms with Crippen molar-refractivity contribution >= 4 is 19.8 Å². The lowest BCUT2D eigenvalue weighted by molar-refractivity contribution is -0.870. The number of rotatable bonds is 70. The topological polar surface area (TPSA) is 111 Å². The van der Waals surface area contributed by atoms with Gasteiger partial charge in [-0.2, -0.15) is 0 Å². The monoisotopic (exact) mass is 1290 g/mol. The minimum Gasteiger partial charge on any atom is -0.756 e. The summed E-state index contributed by atoms with van der Waals surface area (Å²) in [6.07, 6.45) is 101. The number of phosphoric ester groups is 1. The highest BCUT2D eigenvalue weighted by Crippen LogP contribution is 2.38. The van der Waals surface area contributed by atoms with Gasteiger partial charge < -0.3 is 27.9 Å². The van der Waals surface area contributed by atoms with Gasteiger partial charge in [0.15, 0.2) is 6.10 Å². The number of esters is 2. The van der Waals surface area contributed by atoms with Gasteiger partial charge in [-0.15, -0.1) is 0 Å². The Kier molecular flexibility index (Phi) is 68.4. The van der Waals surface area contributed by atoms with Crippen LogP contribution < -0.4 is 4.89 Å². The van der Waals surface area contributed by atoms with E-state index in [9.17, 15) is 19.0 Å². The quantitative estimate of drug-likeness (QED) is 0.0195. The Morgan fingerprint density at radius 3 is 0.934 bits per heavy atom. The van der Waals surface area contributed by atoms with Crippen molar-refractivity contribution in [2.75, 3.05) is 47.5 Å². The van der Waals surface area contributed by atoms with E-state index < -0.39 is 26.5 Å². The van der Waals surface area contributed by atoms with Gasteiger partial charge in [0.2, 0.25) is 0 Å². The molecule has 0 aliphatic carbocycles. The summed E-state index contributed by atoms with van der Waals surface area (Å²) in [7, 11) is 1.15. The van der Waals surface area contributed by atoms with E-state index in [4.69, 9.17) is 18.5 Å². The maximum Gasteiger partial charge on any atom is 0.306 e. The molecule has 0 spiro atoms. The lowest BCUT2D eigenvalue weighted by atomic mass is 10.0. The smallest absolute Gasteiger partial charge is 0.306 e. The molecule has 0 fully saturated rings. The third-order valence-corrected chi connectivity index (χ3v) is 17.5. The summed E-state index contributed by atoms with van der Waals surface area (Å²) in [4.78, 5) is 38.1. The minimum absolute atomic E-state index is 0.0388. The fourth-order valence-electron chi connectivity index (χ4n) is 10.8. The van der Waals surface area contributed by atoms with E-state index in [0.717, 1.165) is 109 Å². The van der Waals surface area contributed by atoms with Crippen LogP contribution in [0.25, 0.3) is 0 Å². The number of hydrogen-bond acceptors (Lipinski definition) is 8. The van der Waals surface area contributed by atoms with E-state index in [1.54, 1.807) is 0 Å². The van der Waals surface area contributed by atoms with Crippen molar-refractivity contribution in [1.82, 2.24) is 0 Å². The van der Waals surface area contributed by atoms with Gasteiger partial charge >= 0.3 is 11.9 Å². The number of allylic oxidation sites excluding steroid dienone is 18. The molecule has 0 aliphatic rings. The number of carbonyl (C=O) groups excluding carboxylic acids is 2. The predicted octanol–water partition coefficient (Wildman–Crippen LogP) is 24.6. The number of quaternary nitrogens is 1. The zero-order chi connectivity index (χ0) is 66.2. The zero-order valence-electron chi connectivity index (χ0n) is 60.0. The second-order valence-electron chi connectivity index (χ2n) is 26.6. The average molecular weight is 1290 g/mol. The number of likely N-dealkylation sites (N-methyl/N-ethyl adjacent to an activating group) is 1. The SMILES string of the molecule is CC/C=C\C/C=C\C/C=C\C/C=C\C/C=C\C/C=C\C/C=C\C/C=C\C/C=C\CCCCCCCC(=O)OC(COC(=O)CCCCCCCCCCCCCCCCCCCCCCCCCCCCCCCCCCCC)COP(=O)([O-])OCC[N+](C)(C)C. The molecule has 0 saturated heterocycles. The minimum atomic E-state index is -4.66. The molecular weight excluding hydrogens is 1150 g/mol. The van der Waals surface area contributed by atoms with Gasteiger partial charge in [0.1, 0.15) is 19.8 Å². The standard InChI is InChI=1S/C81H144NO8P/c1-6-8-10-12-14-16-18-20-22-24-26-28-30-32-34-36-38-40-42-43-45-47-49-51-53-55-57-59-61-63-65-67-69-71-73-80(83)87-77-79(78-89-91(85,86)88-76-75-82(3,4)5)90-81(84)74-72-70-68-66-64-62-60-58-56-54-52-50-48-46-44-41-39-37-35-33-31-29-27-25-23-21-19-17-15-13-11-9-7-2/h9,11,15,17,21,23,27,29,33,35,39,41,46,48,52,54,58,60,79H,6-8,10,12-14,16,18-20,22,24-26,28,30-32,34,36-38,40,42-45,47,49-51,53,55-57,59,61-78H2,1-5H3/b11-9-,17-15-,23-21-,29-27-,35-33-,41-39-,48-46-,54-52-,60-58-. The lowest BCUT2D eigenvalue weighted by Gasteiger charge is -2.28. The highest BCUT2D eigenvalue weighted by molar-refractivity contribution is 7.45. The van der Waals surface area contributed by atoms with Crippen LogP contribution in [0.15, 0.2) is 109 Å². The van der Waals surface area contributed by atoms with Crippen molar-refractivity contribution in [2.24, 2.45) is 0 Å². The van der Waals surface area contributed by atoms with Crippen LogP contribution in [-0.2, 0) is 32.7 Å². The summed E-state index contributed by atoms with van der Waals surface area (Å²) in [5, 5.41) is 0. The third kappa shape index (κ3) is 75.6. The largest absolute Gasteiger partial charge is 0.756 e. The van der Waals surface area contributed by atoms with Crippen LogP contribution in [0, 0.1) is 0 Å². The first-order valence-corrected chi connectivity index (χ1v) is 39.6. The van der Waals surface area contributed by atoms with E-state index in [2.05, 4.69) is 123 Å². The summed E-state index contributed by atoms with van der Waals surface area (Å²) < 4.78 is 34.3. The van der Waals surface area contributed by atoms with E-state index in [1.165, 1.54) is 199 Å². The number of phosphoric acid groups is 1. The van der Waals surface area contributed by atoms with Crippen molar-refractivity contribution in [3.05, 3.63) is 109 Å². The molecule has 0 radical (unpaired) electrons. The van der Waals surface area contributed by atoms with Gasteiger partial charge in [0, 0.05) is 12.8 Å². The number of ether oxygens (including phenoxy) is 2. The van der Waals surface area contributed by atoms with Crippen LogP contribution in [-0.4, -0.2) is 70.0 Å². The van der Waals surface area contributed by atoms with Crippen molar-refractivity contribution in [3.8, 4) is 0 Å². The Morgan fingerprint density at radius 1 is 0.352 bits per heavy atom. The van der Waals surface area contributed by atoms with Gasteiger partial charge in [0.25, 0.3) is 7.82 Å². The van der Waals surface area contributed by atoms with Gasteiger partial charge in [0.05, 0.1) is 27.7 Å². The van der Waals surface area contributed by atoms with Crippen LogP contribution in [0.4, 0.5) is 0 Å². The molecule has 2 unspecified atom stereocenters. The molecule has 0 N–H and O–H groups in total. The molecule has 0 amide bonds. The van der Waals surface area contributed by atoms with E-state index in [1.807, 2.05) is 21.1 Å². The molecule has 0 rings (SSSR count). The molecule has 526 valence electrons. The summed E-state index contributed by atoms with van der Waals surface area (Å²) in [6.45, 7) is 4.14. The van der Waals surface area contributed by atoms with Crippen LogP contribution in [0.1, 0.15) is 341 Å². The third-order valence-electron chi connectivity index (χ3n) is 16.6. The second-order valence-corrected chi connectivity index (χ2v) is 28.1. The van der Waals surface area contributed by atoms with Crippen molar-refractivity contribution in [3.63, 3.8) is 0 Å². The van der Waals surface area contributed by atoms with Gasteiger partial charge in [-0.1, -0.05) is 354 Å². The molecule has 0 aromatic rings. The fraction of sp³-hybridized carbons (Fsp3) is 0.753. The maximum absolute atomic E-state index is 12.9. The Labute approximate surface area is 563 Å². The number of unbranched alkanes of at least 4 members (excludes halogenated alkanes) is 38. The van der Waals surface area contributed by atoms with Gasteiger partial charge in [-0.25, -0.2) is 0 Å². The summed E-state index contributed by atoms with van der Waals surface area (Å²) >= 11 is 0. The molecule has 0 bridgehead atoms. The molecule has 9 nitrogen and oxygen atoms in total. The fourth-order valence-corrected chi connectivity index (χ4v) is 11.5. The molecule has 0 aromatic carbocycles. The molecular formula is C81H144NO8P.